The van der Waals surface area contributed by atoms with Gasteiger partial charge < -0.3 is 14.8 Å². The predicted molar refractivity (Wildman–Crippen MR) is 95.2 cm³/mol. The van der Waals surface area contributed by atoms with Gasteiger partial charge >= 0.3 is 0 Å². The number of hydrogen-bond acceptors (Lipinski definition) is 5. The van der Waals surface area contributed by atoms with Crippen molar-refractivity contribution in [3.05, 3.63) is 41.7 Å². The molecular formula is C18H24N6O2. The average molecular weight is 356 g/mol. The number of carbonyl (C=O) groups is 2. The Morgan fingerprint density at radius 2 is 2.23 bits per heavy atom. The second-order valence-corrected chi connectivity index (χ2v) is 6.62. The van der Waals surface area contributed by atoms with Gasteiger partial charge in [-0.2, -0.15) is 10.2 Å². The molecule has 2 aromatic heterocycles. The van der Waals surface area contributed by atoms with E-state index in [1.54, 1.807) is 19.2 Å². The monoisotopic (exact) mass is 356 g/mol. The number of nitrogens with one attached hydrogen (secondary N) is 1. The summed E-state index contributed by atoms with van der Waals surface area (Å²) in [5.41, 5.74) is 1.19. The van der Waals surface area contributed by atoms with Crippen molar-refractivity contribution in [1.82, 2.24) is 30.0 Å². The molecule has 8 heteroatoms. The maximum Gasteiger partial charge on any atom is 0.252 e. The highest BCUT2D eigenvalue weighted by Crippen LogP contribution is 2.35. The van der Waals surface area contributed by atoms with E-state index in [0.717, 1.165) is 12.2 Å². The van der Waals surface area contributed by atoms with Gasteiger partial charge in [0.25, 0.3) is 5.91 Å². The number of rotatable bonds is 5. The second kappa shape index (κ2) is 7.63. The third-order valence-corrected chi connectivity index (χ3v) is 4.86. The number of amides is 2. The maximum absolute atomic E-state index is 12.4. The highest BCUT2D eigenvalue weighted by Gasteiger charge is 2.38. The molecule has 2 amide bonds. The van der Waals surface area contributed by atoms with Gasteiger partial charge in [0.2, 0.25) is 5.91 Å². The molecular weight excluding hydrogens is 332 g/mol. The van der Waals surface area contributed by atoms with E-state index in [4.69, 9.17) is 0 Å². The number of imidazole rings is 1. The van der Waals surface area contributed by atoms with Crippen molar-refractivity contribution in [1.29, 1.82) is 0 Å². The molecule has 0 saturated carbocycles. The lowest BCUT2D eigenvalue weighted by Crippen LogP contribution is -2.47. The fraction of sp³-hybridized carbons (Fsp3) is 0.500. The van der Waals surface area contributed by atoms with E-state index in [1.807, 2.05) is 29.6 Å². The molecule has 3 rings (SSSR count). The molecule has 1 N–H and O–H groups in total. The number of hydrogen-bond donors (Lipinski definition) is 1. The molecule has 1 aliphatic heterocycles. The SMILES string of the molecule is CCN1C(=O)CC[C@H](CNC(=O)c2cnnc(C)c2)[C@H]1c1nccn1C. The van der Waals surface area contributed by atoms with E-state index in [2.05, 4.69) is 20.5 Å². The zero-order valence-electron chi connectivity index (χ0n) is 15.3. The Bertz CT molecular complexity index is 802. The highest BCUT2D eigenvalue weighted by molar-refractivity contribution is 5.93. The quantitative estimate of drug-likeness (QED) is 0.870. The van der Waals surface area contributed by atoms with Crippen LogP contribution in [0, 0.1) is 12.8 Å². The van der Waals surface area contributed by atoms with E-state index in [1.165, 1.54) is 6.20 Å². The lowest BCUT2D eigenvalue weighted by Gasteiger charge is -2.40. The van der Waals surface area contributed by atoms with Gasteiger partial charge in [0, 0.05) is 44.9 Å². The standard InChI is InChI=1S/C18H24N6O2/c1-4-24-15(25)6-5-13(16(24)17-19-7-8-23(17)3)10-20-18(26)14-9-12(2)22-21-11-14/h7-9,11,13,16H,4-6,10H2,1-3H3,(H,20,26)/t13-,16+/m1/s1. The smallest absolute Gasteiger partial charge is 0.252 e. The molecule has 1 fully saturated rings. The minimum atomic E-state index is -0.179. The fourth-order valence-electron chi connectivity index (χ4n) is 3.54. The van der Waals surface area contributed by atoms with Crippen LogP contribution in [0.4, 0.5) is 0 Å². The van der Waals surface area contributed by atoms with E-state index in [9.17, 15) is 9.59 Å². The van der Waals surface area contributed by atoms with Crippen LogP contribution in [0.3, 0.4) is 0 Å². The Kier molecular flexibility index (Phi) is 5.29. The van der Waals surface area contributed by atoms with E-state index in [0.29, 0.717) is 30.8 Å². The molecule has 138 valence electrons. The largest absolute Gasteiger partial charge is 0.352 e. The first-order valence-electron chi connectivity index (χ1n) is 8.85. The van der Waals surface area contributed by atoms with Crippen molar-refractivity contribution in [3.8, 4) is 0 Å². The Balaban J connectivity index is 1.77. The second-order valence-electron chi connectivity index (χ2n) is 6.62. The Morgan fingerprint density at radius 1 is 1.42 bits per heavy atom. The average Bonchev–Trinajstić information content (AvgIpc) is 3.05. The normalized spacial score (nSPS) is 20.3. The number of carbonyl (C=O) groups excluding carboxylic acids is 2. The third-order valence-electron chi connectivity index (χ3n) is 4.86. The van der Waals surface area contributed by atoms with Crippen LogP contribution >= 0.6 is 0 Å². The molecule has 0 spiro atoms. The van der Waals surface area contributed by atoms with Crippen LogP contribution in [0.1, 0.15) is 47.7 Å². The van der Waals surface area contributed by atoms with Crippen LogP contribution in [-0.2, 0) is 11.8 Å². The first-order valence-corrected chi connectivity index (χ1v) is 8.85. The summed E-state index contributed by atoms with van der Waals surface area (Å²) in [4.78, 5) is 31.1. The van der Waals surface area contributed by atoms with Crippen molar-refractivity contribution in [2.45, 2.75) is 32.7 Å². The summed E-state index contributed by atoms with van der Waals surface area (Å²) >= 11 is 0. The van der Waals surface area contributed by atoms with Gasteiger partial charge in [0.1, 0.15) is 5.82 Å². The molecule has 0 bridgehead atoms. The molecule has 26 heavy (non-hydrogen) atoms. The minimum Gasteiger partial charge on any atom is -0.352 e. The Labute approximate surface area is 152 Å². The molecule has 0 aliphatic carbocycles. The molecule has 1 aliphatic rings. The van der Waals surface area contributed by atoms with E-state index >= 15 is 0 Å². The minimum absolute atomic E-state index is 0.105. The predicted octanol–water partition coefficient (Wildman–Crippen LogP) is 1.25. The summed E-state index contributed by atoms with van der Waals surface area (Å²) in [6.45, 7) is 4.86. The van der Waals surface area contributed by atoms with Gasteiger partial charge in [0.15, 0.2) is 0 Å². The summed E-state index contributed by atoms with van der Waals surface area (Å²) in [6, 6.07) is 1.57. The molecule has 2 aromatic rings. The van der Waals surface area contributed by atoms with E-state index < -0.39 is 0 Å². The molecule has 3 heterocycles. The lowest BCUT2D eigenvalue weighted by molar-refractivity contribution is -0.139. The van der Waals surface area contributed by atoms with E-state index in [-0.39, 0.29) is 23.8 Å². The van der Waals surface area contributed by atoms with Crippen molar-refractivity contribution in [3.63, 3.8) is 0 Å². The lowest BCUT2D eigenvalue weighted by atomic mass is 9.87. The van der Waals surface area contributed by atoms with Crippen LogP contribution in [-0.4, -0.2) is 49.6 Å². The van der Waals surface area contributed by atoms with Gasteiger partial charge in [-0.25, -0.2) is 4.98 Å². The summed E-state index contributed by atoms with van der Waals surface area (Å²) in [5.74, 6) is 0.910. The van der Waals surface area contributed by atoms with Crippen LogP contribution in [0.5, 0.6) is 0 Å². The Morgan fingerprint density at radius 3 is 2.88 bits per heavy atom. The molecule has 0 aromatic carbocycles. The molecule has 0 unspecified atom stereocenters. The van der Waals surface area contributed by atoms with Crippen molar-refractivity contribution < 1.29 is 9.59 Å². The number of nitrogens with zero attached hydrogens (tertiary/aromatic N) is 5. The summed E-state index contributed by atoms with van der Waals surface area (Å²) in [5, 5.41) is 10.7. The summed E-state index contributed by atoms with van der Waals surface area (Å²) < 4.78 is 1.94. The number of aromatic nitrogens is 4. The summed E-state index contributed by atoms with van der Waals surface area (Å²) in [7, 11) is 1.93. The molecule has 1 saturated heterocycles. The van der Waals surface area contributed by atoms with Crippen molar-refractivity contribution >= 4 is 11.8 Å². The van der Waals surface area contributed by atoms with Gasteiger partial charge in [0.05, 0.1) is 23.5 Å². The fourth-order valence-corrected chi connectivity index (χ4v) is 3.54. The van der Waals surface area contributed by atoms with Crippen LogP contribution in [0.25, 0.3) is 0 Å². The van der Waals surface area contributed by atoms with Crippen molar-refractivity contribution in [2.24, 2.45) is 13.0 Å². The van der Waals surface area contributed by atoms with Crippen LogP contribution < -0.4 is 5.32 Å². The first-order chi connectivity index (χ1) is 12.5. The summed E-state index contributed by atoms with van der Waals surface area (Å²) in [6.07, 6.45) is 6.29. The van der Waals surface area contributed by atoms with Gasteiger partial charge in [-0.1, -0.05) is 0 Å². The third kappa shape index (κ3) is 3.58. The maximum atomic E-state index is 12.4. The van der Waals surface area contributed by atoms with Gasteiger partial charge in [-0.15, -0.1) is 0 Å². The number of piperidine rings is 1. The zero-order valence-corrected chi connectivity index (χ0v) is 15.3. The molecule has 0 radical (unpaired) electrons. The molecule has 8 nitrogen and oxygen atoms in total. The number of likely N-dealkylation sites (tertiary alicyclic amines) is 1. The van der Waals surface area contributed by atoms with Gasteiger partial charge in [-0.3, -0.25) is 9.59 Å². The van der Waals surface area contributed by atoms with Crippen molar-refractivity contribution in [2.75, 3.05) is 13.1 Å². The zero-order chi connectivity index (χ0) is 18.7. The number of aryl methyl sites for hydroxylation is 2. The highest BCUT2D eigenvalue weighted by atomic mass is 16.2. The molecule has 2 atom stereocenters. The van der Waals surface area contributed by atoms with Crippen LogP contribution in [0.2, 0.25) is 0 Å². The Hall–Kier alpha value is -2.77. The first kappa shape index (κ1) is 18.0. The topological polar surface area (TPSA) is 93.0 Å². The van der Waals surface area contributed by atoms with Crippen LogP contribution in [0.15, 0.2) is 24.7 Å². The van der Waals surface area contributed by atoms with Gasteiger partial charge in [-0.05, 0) is 26.3 Å².